The molecule has 1 atom stereocenters. The van der Waals surface area contributed by atoms with Crippen LogP contribution in [0.1, 0.15) is 0 Å². The summed E-state index contributed by atoms with van der Waals surface area (Å²) in [5.41, 5.74) is 5.01. The Balaban J connectivity index is 3.93. The molecule has 0 saturated heterocycles. The van der Waals surface area contributed by atoms with Crippen LogP contribution in [-0.4, -0.2) is 33.1 Å². The highest BCUT2D eigenvalue weighted by molar-refractivity contribution is 7.51. The van der Waals surface area contributed by atoms with Crippen LogP contribution in [0, 0.1) is 0 Å². The summed E-state index contributed by atoms with van der Waals surface area (Å²) in [4.78, 5) is 26.8. The third-order valence-corrected chi connectivity index (χ3v) is 1.66. The van der Waals surface area contributed by atoms with E-state index in [0.29, 0.717) is 0 Å². The lowest BCUT2D eigenvalue weighted by Crippen LogP contribution is -2.27. The van der Waals surface area contributed by atoms with Crippen molar-refractivity contribution in [1.82, 2.24) is 0 Å². The molecule has 0 aromatic carbocycles. The first-order chi connectivity index (χ1) is 5.33. The number of nitrogens with two attached hydrogens (primary N) is 1. The number of carboxylic acid groups (broad SMARTS) is 1. The Hall–Kier alpha value is -0.680. The lowest BCUT2D eigenvalue weighted by molar-refractivity contribution is -0.137. The average Bonchev–Trinajstić information content (AvgIpc) is 1.84. The molecule has 70 valence electrons. The molecule has 7 heteroatoms. The van der Waals surface area contributed by atoms with Gasteiger partial charge in [-0.25, -0.2) is 0 Å². The van der Waals surface area contributed by atoms with Gasteiger partial charge in [-0.2, -0.15) is 0 Å². The Kier molecular flexibility index (Phi) is 4.12. The van der Waals surface area contributed by atoms with Gasteiger partial charge >= 0.3 is 13.6 Å². The highest BCUT2D eigenvalue weighted by Crippen LogP contribution is 2.33. The van der Waals surface area contributed by atoms with Crippen LogP contribution >= 0.6 is 7.60 Å². The number of carboxylic acids is 1. The molecule has 0 amide bonds. The summed E-state index contributed by atoms with van der Waals surface area (Å²) in [6.07, 6.45) is 1.59. The predicted molar refractivity (Wildman–Crippen MR) is 41.7 cm³/mol. The summed E-state index contributed by atoms with van der Waals surface area (Å²) in [6.45, 7) is 0. The fourth-order valence-electron chi connectivity index (χ4n) is 0.427. The van der Waals surface area contributed by atoms with E-state index in [1.54, 1.807) is 0 Å². The van der Waals surface area contributed by atoms with Crippen LogP contribution in [-0.2, 0) is 9.36 Å². The van der Waals surface area contributed by atoms with Gasteiger partial charge in [0.1, 0.15) is 6.04 Å². The van der Waals surface area contributed by atoms with Crippen molar-refractivity contribution in [3.05, 3.63) is 12.2 Å². The van der Waals surface area contributed by atoms with E-state index in [2.05, 4.69) is 0 Å². The molecule has 0 heterocycles. The van der Waals surface area contributed by atoms with Crippen LogP contribution in [0.15, 0.2) is 12.2 Å². The van der Waals surface area contributed by atoms with E-state index in [-0.39, 0.29) is 0 Å². The molecule has 0 bridgehead atoms. The summed E-state index contributed by atoms with van der Waals surface area (Å²) in [5, 5.41) is 8.24. The zero-order valence-electron chi connectivity index (χ0n) is 6.12. The van der Waals surface area contributed by atoms with Crippen molar-refractivity contribution in [2.45, 2.75) is 6.04 Å². The molecule has 5 N–H and O–H groups in total. The van der Waals surface area contributed by atoms with E-state index in [0.717, 1.165) is 12.2 Å². The molecule has 0 aromatic rings. The maximum Gasteiger partial charge on any atom is 0.329 e. The lowest BCUT2D eigenvalue weighted by atomic mass is 10.3. The Morgan fingerprint density at radius 3 is 2.42 bits per heavy atom. The third kappa shape index (κ3) is 6.06. The quantitative estimate of drug-likeness (QED) is 0.342. The van der Waals surface area contributed by atoms with Crippen LogP contribution in [0.5, 0.6) is 0 Å². The number of rotatable bonds is 4. The van der Waals surface area contributed by atoms with E-state index in [4.69, 9.17) is 20.6 Å². The molecule has 0 unspecified atom stereocenters. The van der Waals surface area contributed by atoms with Crippen molar-refractivity contribution in [1.29, 1.82) is 0 Å². The summed E-state index contributed by atoms with van der Waals surface area (Å²) >= 11 is 0. The summed E-state index contributed by atoms with van der Waals surface area (Å²) in [6, 6.07) is -1.21. The van der Waals surface area contributed by atoms with E-state index in [1.165, 1.54) is 0 Å². The van der Waals surface area contributed by atoms with Crippen LogP contribution in [0.3, 0.4) is 0 Å². The molecular formula is C5H10NO5P. The Morgan fingerprint density at radius 1 is 1.58 bits per heavy atom. The molecule has 0 radical (unpaired) electrons. The van der Waals surface area contributed by atoms with Gasteiger partial charge in [0.2, 0.25) is 0 Å². The van der Waals surface area contributed by atoms with Gasteiger partial charge in [-0.3, -0.25) is 9.36 Å². The standard InChI is InChI=1S/C5H10NO5P/c6-4(5(7)8)2-1-3-12(9,10)11/h1-2,4H,3,6H2,(H,7,8)(H2,9,10,11)/b2-1+/t4-/m1/s1. The first-order valence-corrected chi connectivity index (χ1v) is 4.82. The van der Waals surface area contributed by atoms with Gasteiger partial charge in [-0.05, 0) is 0 Å². The highest BCUT2D eigenvalue weighted by Gasteiger charge is 2.10. The monoisotopic (exact) mass is 195 g/mol. The van der Waals surface area contributed by atoms with Crippen molar-refractivity contribution in [2.24, 2.45) is 5.73 Å². The number of aliphatic carboxylic acids is 1. The summed E-state index contributed by atoms with van der Waals surface area (Å²) in [7, 11) is -4.09. The molecule has 0 aliphatic carbocycles. The van der Waals surface area contributed by atoms with Gasteiger partial charge in [0.15, 0.2) is 0 Å². The Morgan fingerprint density at radius 2 is 2.08 bits per heavy atom. The largest absolute Gasteiger partial charge is 0.480 e. The minimum atomic E-state index is -4.09. The molecule has 0 aliphatic heterocycles. The molecule has 0 saturated carbocycles. The van der Waals surface area contributed by atoms with Crippen molar-refractivity contribution >= 4 is 13.6 Å². The van der Waals surface area contributed by atoms with E-state index in [9.17, 15) is 9.36 Å². The molecule has 12 heavy (non-hydrogen) atoms. The molecule has 0 aromatic heterocycles. The van der Waals surface area contributed by atoms with Crippen LogP contribution in [0.25, 0.3) is 0 Å². The number of hydrogen-bond donors (Lipinski definition) is 4. The van der Waals surface area contributed by atoms with Crippen LogP contribution in [0.4, 0.5) is 0 Å². The Bertz CT molecular complexity index is 232. The average molecular weight is 195 g/mol. The molecule has 6 nitrogen and oxygen atoms in total. The topological polar surface area (TPSA) is 121 Å². The van der Waals surface area contributed by atoms with E-state index >= 15 is 0 Å². The zero-order chi connectivity index (χ0) is 9.78. The van der Waals surface area contributed by atoms with Crippen LogP contribution < -0.4 is 5.73 Å². The van der Waals surface area contributed by atoms with E-state index in [1.807, 2.05) is 0 Å². The second kappa shape index (κ2) is 4.37. The fourth-order valence-corrected chi connectivity index (χ4v) is 0.823. The number of hydrogen-bond acceptors (Lipinski definition) is 3. The van der Waals surface area contributed by atoms with Crippen molar-refractivity contribution in [3.63, 3.8) is 0 Å². The van der Waals surface area contributed by atoms with Crippen molar-refractivity contribution in [2.75, 3.05) is 6.16 Å². The van der Waals surface area contributed by atoms with E-state index < -0.39 is 25.8 Å². The maximum absolute atomic E-state index is 10.2. The number of carbonyl (C=O) groups is 1. The minimum Gasteiger partial charge on any atom is -0.480 e. The van der Waals surface area contributed by atoms with Gasteiger partial charge < -0.3 is 20.6 Å². The SMILES string of the molecule is N[C@H](/C=C/CP(=O)(O)O)C(=O)O. The van der Waals surface area contributed by atoms with Gasteiger partial charge in [0.05, 0.1) is 6.16 Å². The van der Waals surface area contributed by atoms with Gasteiger partial charge in [-0.1, -0.05) is 12.2 Å². The molecule has 0 aliphatic rings. The second-order valence-corrected chi connectivity index (χ2v) is 3.83. The smallest absolute Gasteiger partial charge is 0.329 e. The molecular weight excluding hydrogens is 185 g/mol. The third-order valence-electron chi connectivity index (χ3n) is 0.972. The summed E-state index contributed by atoms with van der Waals surface area (Å²) in [5.74, 6) is -1.24. The van der Waals surface area contributed by atoms with Gasteiger partial charge in [0.25, 0.3) is 0 Å². The van der Waals surface area contributed by atoms with Gasteiger partial charge in [-0.15, -0.1) is 0 Å². The van der Waals surface area contributed by atoms with Gasteiger partial charge in [0, 0.05) is 0 Å². The first-order valence-electron chi connectivity index (χ1n) is 3.02. The van der Waals surface area contributed by atoms with Crippen molar-refractivity contribution in [3.8, 4) is 0 Å². The first kappa shape index (κ1) is 11.3. The molecule has 0 spiro atoms. The zero-order valence-corrected chi connectivity index (χ0v) is 7.02. The highest BCUT2D eigenvalue weighted by atomic mass is 31.2. The fraction of sp³-hybridized carbons (Fsp3) is 0.400. The summed E-state index contributed by atoms with van der Waals surface area (Å²) < 4.78 is 10.2. The normalized spacial score (nSPS) is 14.9. The molecule has 0 fully saturated rings. The predicted octanol–water partition coefficient (Wildman–Crippen LogP) is -0.868. The van der Waals surface area contributed by atoms with Crippen LogP contribution in [0.2, 0.25) is 0 Å². The number of allylic oxidation sites excluding steroid dienone is 1. The maximum atomic E-state index is 10.2. The Labute approximate surface area is 68.9 Å². The minimum absolute atomic E-state index is 0.492. The second-order valence-electron chi connectivity index (χ2n) is 2.14. The van der Waals surface area contributed by atoms with Crippen molar-refractivity contribution < 1.29 is 24.3 Å². The lowest BCUT2D eigenvalue weighted by Gasteiger charge is -1.99. The molecule has 0 rings (SSSR count).